The van der Waals surface area contributed by atoms with Crippen LogP contribution in [0.1, 0.15) is 12.2 Å². The molecule has 3 rings (SSSR count). The second-order valence-corrected chi connectivity index (χ2v) is 4.50. The summed E-state index contributed by atoms with van der Waals surface area (Å²) in [5.41, 5.74) is 7.53. The quantitative estimate of drug-likeness (QED) is 0.808. The van der Waals surface area contributed by atoms with Gasteiger partial charge in [-0.2, -0.15) is 0 Å². The van der Waals surface area contributed by atoms with E-state index in [1.54, 1.807) is 6.20 Å². The summed E-state index contributed by atoms with van der Waals surface area (Å²) in [7, 11) is 0. The van der Waals surface area contributed by atoms with Crippen LogP contribution in [0, 0.1) is 0 Å². The van der Waals surface area contributed by atoms with E-state index in [1.807, 2.05) is 6.08 Å². The lowest BCUT2D eigenvalue weighted by Crippen LogP contribution is -2.05. The van der Waals surface area contributed by atoms with E-state index < -0.39 is 0 Å². The molecule has 0 bridgehead atoms. The summed E-state index contributed by atoms with van der Waals surface area (Å²) < 4.78 is 5.25. The van der Waals surface area contributed by atoms with Crippen LogP contribution in [0.3, 0.4) is 0 Å². The summed E-state index contributed by atoms with van der Waals surface area (Å²) >= 11 is 1.39. The molecule has 0 saturated carbocycles. The van der Waals surface area contributed by atoms with E-state index in [9.17, 15) is 0 Å². The second-order valence-electron chi connectivity index (χ2n) is 3.49. The first kappa shape index (κ1) is 9.68. The van der Waals surface area contributed by atoms with Crippen LogP contribution in [0.5, 0.6) is 0 Å². The standard InChI is InChI=1S/C10H10N4OS/c11-10-13-7-5-12-8(14-9(7)16-10)6-1-3-15-4-2-6/h1,5H,2-4H2,(H2,11,13). The van der Waals surface area contributed by atoms with Crippen molar-refractivity contribution < 1.29 is 4.74 Å². The molecule has 0 atom stereocenters. The fourth-order valence-corrected chi connectivity index (χ4v) is 2.31. The molecule has 0 aromatic carbocycles. The smallest absolute Gasteiger partial charge is 0.182 e. The number of hydrogen-bond donors (Lipinski definition) is 1. The number of hydrogen-bond acceptors (Lipinski definition) is 6. The molecule has 3 heterocycles. The van der Waals surface area contributed by atoms with Gasteiger partial charge in [0.25, 0.3) is 0 Å². The van der Waals surface area contributed by atoms with Gasteiger partial charge >= 0.3 is 0 Å². The van der Waals surface area contributed by atoms with Crippen LogP contribution in [0.15, 0.2) is 12.3 Å². The topological polar surface area (TPSA) is 73.9 Å². The molecule has 16 heavy (non-hydrogen) atoms. The highest BCUT2D eigenvalue weighted by atomic mass is 32.1. The van der Waals surface area contributed by atoms with Gasteiger partial charge in [-0.05, 0) is 12.0 Å². The van der Waals surface area contributed by atoms with Crippen LogP contribution in [-0.4, -0.2) is 28.2 Å². The summed E-state index contributed by atoms with van der Waals surface area (Å²) in [6.07, 6.45) is 4.61. The van der Waals surface area contributed by atoms with Crippen LogP contribution in [0.2, 0.25) is 0 Å². The Morgan fingerprint density at radius 1 is 1.38 bits per heavy atom. The number of rotatable bonds is 1. The minimum Gasteiger partial charge on any atom is -0.377 e. The molecule has 0 spiro atoms. The van der Waals surface area contributed by atoms with Crippen LogP contribution in [-0.2, 0) is 4.74 Å². The van der Waals surface area contributed by atoms with E-state index in [-0.39, 0.29) is 0 Å². The van der Waals surface area contributed by atoms with E-state index in [0.29, 0.717) is 11.7 Å². The molecule has 0 saturated heterocycles. The van der Waals surface area contributed by atoms with Crippen molar-refractivity contribution in [1.29, 1.82) is 0 Å². The maximum Gasteiger partial charge on any atom is 0.182 e. The average molecular weight is 234 g/mol. The lowest BCUT2D eigenvalue weighted by atomic mass is 10.1. The molecule has 82 valence electrons. The zero-order valence-corrected chi connectivity index (χ0v) is 9.33. The first-order valence-electron chi connectivity index (χ1n) is 4.99. The maximum atomic E-state index is 5.62. The Kier molecular flexibility index (Phi) is 2.30. The first-order chi connectivity index (χ1) is 7.83. The van der Waals surface area contributed by atoms with E-state index >= 15 is 0 Å². The number of anilines is 1. The summed E-state index contributed by atoms with van der Waals surface area (Å²) in [5.74, 6) is 0.763. The Balaban J connectivity index is 2.07. The average Bonchev–Trinajstić information content (AvgIpc) is 2.69. The highest BCUT2D eigenvalue weighted by molar-refractivity contribution is 7.21. The molecular weight excluding hydrogens is 224 g/mol. The summed E-state index contributed by atoms with van der Waals surface area (Å²) in [6.45, 7) is 1.37. The summed E-state index contributed by atoms with van der Waals surface area (Å²) in [6, 6.07) is 0. The Morgan fingerprint density at radius 2 is 2.31 bits per heavy atom. The van der Waals surface area contributed by atoms with Gasteiger partial charge < -0.3 is 10.5 Å². The molecule has 5 nitrogen and oxygen atoms in total. The molecule has 2 aromatic heterocycles. The van der Waals surface area contributed by atoms with Crippen molar-refractivity contribution >= 4 is 32.4 Å². The van der Waals surface area contributed by atoms with Crippen LogP contribution < -0.4 is 5.73 Å². The highest BCUT2D eigenvalue weighted by Gasteiger charge is 2.11. The SMILES string of the molecule is Nc1nc2cnc(C3=CCOCC3)nc2s1. The van der Waals surface area contributed by atoms with Gasteiger partial charge in [0, 0.05) is 0 Å². The zero-order chi connectivity index (χ0) is 11.0. The first-order valence-corrected chi connectivity index (χ1v) is 5.81. The molecule has 0 amide bonds. The van der Waals surface area contributed by atoms with Crippen LogP contribution >= 0.6 is 11.3 Å². The van der Waals surface area contributed by atoms with Gasteiger partial charge in [0.1, 0.15) is 10.3 Å². The number of nitrogen functional groups attached to an aromatic ring is 1. The third kappa shape index (κ3) is 1.66. The Hall–Kier alpha value is -1.53. The number of thiazole rings is 1. The van der Waals surface area contributed by atoms with Gasteiger partial charge in [0.2, 0.25) is 0 Å². The van der Waals surface area contributed by atoms with E-state index in [1.165, 1.54) is 11.3 Å². The Labute approximate surface area is 96.0 Å². The molecule has 0 unspecified atom stereocenters. The molecule has 2 N–H and O–H groups in total. The van der Waals surface area contributed by atoms with Gasteiger partial charge in [-0.1, -0.05) is 17.4 Å². The summed E-state index contributed by atoms with van der Waals surface area (Å²) in [4.78, 5) is 13.7. The molecule has 0 radical (unpaired) electrons. The van der Waals surface area contributed by atoms with Gasteiger partial charge in [0.05, 0.1) is 19.4 Å². The third-order valence-electron chi connectivity index (χ3n) is 2.42. The molecule has 0 fully saturated rings. The predicted molar refractivity (Wildman–Crippen MR) is 63.0 cm³/mol. The van der Waals surface area contributed by atoms with Gasteiger partial charge in [0.15, 0.2) is 11.0 Å². The molecular formula is C10H10N4OS. The van der Waals surface area contributed by atoms with Crippen LogP contribution in [0.4, 0.5) is 5.13 Å². The maximum absolute atomic E-state index is 5.62. The fraction of sp³-hybridized carbons (Fsp3) is 0.300. The van der Waals surface area contributed by atoms with Crippen molar-refractivity contribution in [3.05, 3.63) is 18.1 Å². The van der Waals surface area contributed by atoms with Crippen molar-refractivity contribution in [2.75, 3.05) is 18.9 Å². The zero-order valence-electron chi connectivity index (χ0n) is 8.51. The fourth-order valence-electron chi connectivity index (χ4n) is 1.64. The predicted octanol–water partition coefficient (Wildman–Crippen LogP) is 1.47. The number of ether oxygens (including phenoxy) is 1. The molecule has 1 aliphatic rings. The van der Waals surface area contributed by atoms with Crippen molar-refractivity contribution in [3.8, 4) is 0 Å². The number of nitrogens with two attached hydrogens (primary N) is 1. The number of fused-ring (bicyclic) bond motifs is 1. The van der Waals surface area contributed by atoms with Gasteiger partial charge in [-0.25, -0.2) is 15.0 Å². The van der Waals surface area contributed by atoms with Crippen molar-refractivity contribution in [1.82, 2.24) is 15.0 Å². The minimum absolute atomic E-state index is 0.530. The number of nitrogens with zero attached hydrogens (tertiary/aromatic N) is 3. The summed E-state index contributed by atoms with van der Waals surface area (Å²) in [5, 5.41) is 0.530. The van der Waals surface area contributed by atoms with E-state index in [4.69, 9.17) is 10.5 Å². The normalized spacial score (nSPS) is 16.4. The van der Waals surface area contributed by atoms with E-state index in [2.05, 4.69) is 15.0 Å². The second kappa shape index (κ2) is 3.80. The Bertz CT molecular complexity index is 563. The lowest BCUT2D eigenvalue weighted by molar-refractivity contribution is 0.161. The van der Waals surface area contributed by atoms with E-state index in [0.717, 1.165) is 34.8 Å². The van der Waals surface area contributed by atoms with Crippen molar-refractivity contribution in [2.45, 2.75) is 6.42 Å². The van der Waals surface area contributed by atoms with Crippen LogP contribution in [0.25, 0.3) is 15.9 Å². The lowest BCUT2D eigenvalue weighted by Gasteiger charge is -2.11. The minimum atomic E-state index is 0.530. The largest absolute Gasteiger partial charge is 0.377 e. The molecule has 2 aromatic rings. The third-order valence-corrected chi connectivity index (χ3v) is 3.21. The molecule has 1 aliphatic heterocycles. The highest BCUT2D eigenvalue weighted by Crippen LogP contribution is 2.24. The van der Waals surface area contributed by atoms with Crippen molar-refractivity contribution in [3.63, 3.8) is 0 Å². The number of aromatic nitrogens is 3. The molecule has 6 heteroatoms. The van der Waals surface area contributed by atoms with Gasteiger partial charge in [-0.15, -0.1) is 0 Å². The molecule has 0 aliphatic carbocycles. The van der Waals surface area contributed by atoms with Gasteiger partial charge in [-0.3, -0.25) is 0 Å². The van der Waals surface area contributed by atoms with Crippen molar-refractivity contribution in [2.24, 2.45) is 0 Å². The Morgan fingerprint density at radius 3 is 3.12 bits per heavy atom. The monoisotopic (exact) mass is 234 g/mol.